The van der Waals surface area contributed by atoms with Crippen LogP contribution in [0.15, 0.2) is 41.6 Å². The minimum Gasteiger partial charge on any atom is -0.309 e. The topological polar surface area (TPSA) is 29.9 Å². The SMILES string of the molecule is CCn1cc(C(NC)c2ccc(SC)cc2)cn1. The number of aryl methyl sites for hydroxylation is 1. The van der Waals surface area contributed by atoms with Crippen LogP contribution in [0.1, 0.15) is 24.1 Å². The number of benzene rings is 1. The summed E-state index contributed by atoms with van der Waals surface area (Å²) in [4.78, 5) is 1.29. The number of aromatic nitrogens is 2. The molecule has 0 fully saturated rings. The molecule has 0 saturated carbocycles. The van der Waals surface area contributed by atoms with E-state index in [0.717, 1.165) is 6.54 Å². The van der Waals surface area contributed by atoms with Crippen LogP contribution < -0.4 is 5.32 Å². The Morgan fingerprint density at radius 3 is 2.50 bits per heavy atom. The van der Waals surface area contributed by atoms with Gasteiger partial charge in [-0.05, 0) is 37.9 Å². The number of hydrogen-bond donors (Lipinski definition) is 1. The third-order valence-corrected chi connectivity index (χ3v) is 3.79. The fraction of sp³-hybridized carbons (Fsp3) is 0.357. The van der Waals surface area contributed by atoms with Gasteiger partial charge < -0.3 is 5.32 Å². The van der Waals surface area contributed by atoms with Crippen LogP contribution in [0.3, 0.4) is 0 Å². The zero-order valence-corrected chi connectivity index (χ0v) is 11.9. The van der Waals surface area contributed by atoms with Gasteiger partial charge in [0.2, 0.25) is 0 Å². The average molecular weight is 261 g/mol. The van der Waals surface area contributed by atoms with E-state index in [1.165, 1.54) is 16.0 Å². The standard InChI is InChI=1S/C14H19N3S/c1-4-17-10-12(9-16-17)14(15-2)11-5-7-13(18-3)8-6-11/h5-10,14-15H,4H2,1-3H3. The Hall–Kier alpha value is -1.26. The fourth-order valence-electron chi connectivity index (χ4n) is 2.02. The first-order valence-corrected chi connectivity index (χ1v) is 7.34. The van der Waals surface area contributed by atoms with Crippen LogP contribution in [0, 0.1) is 0 Å². The quantitative estimate of drug-likeness (QED) is 0.839. The van der Waals surface area contributed by atoms with Gasteiger partial charge in [-0.1, -0.05) is 12.1 Å². The van der Waals surface area contributed by atoms with Crippen LogP contribution in [-0.2, 0) is 6.54 Å². The predicted octanol–water partition coefficient (Wildman–Crippen LogP) is 2.93. The van der Waals surface area contributed by atoms with Gasteiger partial charge in [0.15, 0.2) is 0 Å². The summed E-state index contributed by atoms with van der Waals surface area (Å²) >= 11 is 1.76. The van der Waals surface area contributed by atoms with E-state index in [4.69, 9.17) is 0 Å². The second kappa shape index (κ2) is 6.07. The van der Waals surface area contributed by atoms with Gasteiger partial charge >= 0.3 is 0 Å². The molecular formula is C14H19N3S. The first-order chi connectivity index (χ1) is 8.78. The van der Waals surface area contributed by atoms with Gasteiger partial charge in [-0.2, -0.15) is 5.10 Å². The Kier molecular flexibility index (Phi) is 4.44. The second-order valence-corrected chi connectivity index (χ2v) is 5.00. The Bertz CT molecular complexity index is 490. The van der Waals surface area contributed by atoms with E-state index in [9.17, 15) is 0 Å². The van der Waals surface area contributed by atoms with Gasteiger partial charge in [-0.25, -0.2) is 0 Å². The summed E-state index contributed by atoms with van der Waals surface area (Å²) in [7, 11) is 1.98. The monoisotopic (exact) mass is 261 g/mol. The molecule has 2 rings (SSSR count). The molecule has 0 radical (unpaired) electrons. The number of rotatable bonds is 5. The van der Waals surface area contributed by atoms with Crippen molar-refractivity contribution in [3.8, 4) is 0 Å². The van der Waals surface area contributed by atoms with Gasteiger partial charge in [-0.15, -0.1) is 11.8 Å². The maximum absolute atomic E-state index is 4.34. The largest absolute Gasteiger partial charge is 0.309 e. The highest BCUT2D eigenvalue weighted by atomic mass is 32.2. The molecule has 96 valence electrons. The smallest absolute Gasteiger partial charge is 0.0605 e. The molecule has 1 unspecified atom stereocenters. The summed E-state index contributed by atoms with van der Waals surface area (Å²) in [5, 5.41) is 7.68. The fourth-order valence-corrected chi connectivity index (χ4v) is 2.43. The zero-order valence-electron chi connectivity index (χ0n) is 11.1. The van der Waals surface area contributed by atoms with Crippen LogP contribution in [0.25, 0.3) is 0 Å². The molecular weight excluding hydrogens is 242 g/mol. The van der Waals surface area contributed by atoms with Crippen molar-refractivity contribution in [1.82, 2.24) is 15.1 Å². The average Bonchev–Trinajstić information content (AvgIpc) is 2.89. The number of nitrogens with zero attached hydrogens (tertiary/aromatic N) is 2. The van der Waals surface area contributed by atoms with E-state index in [1.807, 2.05) is 17.9 Å². The van der Waals surface area contributed by atoms with Crippen molar-refractivity contribution in [2.75, 3.05) is 13.3 Å². The third kappa shape index (κ3) is 2.76. The van der Waals surface area contributed by atoms with E-state index in [2.05, 4.69) is 54.1 Å². The van der Waals surface area contributed by atoms with E-state index in [1.54, 1.807) is 11.8 Å². The first-order valence-electron chi connectivity index (χ1n) is 6.12. The highest BCUT2D eigenvalue weighted by Crippen LogP contribution is 2.23. The predicted molar refractivity (Wildman–Crippen MR) is 77.0 cm³/mol. The normalized spacial score (nSPS) is 12.6. The minimum atomic E-state index is 0.209. The molecule has 1 aromatic carbocycles. The summed E-state index contributed by atoms with van der Waals surface area (Å²) < 4.78 is 1.95. The third-order valence-electron chi connectivity index (χ3n) is 3.05. The molecule has 0 spiro atoms. The highest BCUT2D eigenvalue weighted by Gasteiger charge is 2.13. The lowest BCUT2D eigenvalue weighted by molar-refractivity contribution is 0.653. The lowest BCUT2D eigenvalue weighted by Gasteiger charge is -2.15. The van der Waals surface area contributed by atoms with Crippen LogP contribution in [0.5, 0.6) is 0 Å². The van der Waals surface area contributed by atoms with Gasteiger partial charge in [0, 0.05) is 23.2 Å². The van der Waals surface area contributed by atoms with E-state index >= 15 is 0 Å². The molecule has 1 heterocycles. The summed E-state index contributed by atoms with van der Waals surface area (Å²) in [6.45, 7) is 3.00. The first kappa shape index (κ1) is 13.2. The maximum Gasteiger partial charge on any atom is 0.0605 e. The van der Waals surface area contributed by atoms with Crippen LogP contribution in [0.4, 0.5) is 0 Å². The molecule has 0 aliphatic carbocycles. The molecule has 0 amide bonds. The molecule has 0 aliphatic heterocycles. The molecule has 0 bridgehead atoms. The van der Waals surface area contributed by atoms with Crippen molar-refractivity contribution in [2.45, 2.75) is 24.4 Å². The van der Waals surface area contributed by atoms with Crippen LogP contribution in [0.2, 0.25) is 0 Å². The summed E-state index contributed by atoms with van der Waals surface area (Å²) in [6, 6.07) is 8.89. The molecule has 1 N–H and O–H groups in total. The summed E-state index contributed by atoms with van der Waals surface area (Å²) in [6.07, 6.45) is 6.13. The van der Waals surface area contributed by atoms with Crippen LogP contribution >= 0.6 is 11.8 Å². The van der Waals surface area contributed by atoms with Crippen molar-refractivity contribution in [3.63, 3.8) is 0 Å². The Balaban J connectivity index is 2.26. The number of nitrogens with one attached hydrogen (secondary N) is 1. The lowest BCUT2D eigenvalue weighted by Crippen LogP contribution is -2.17. The van der Waals surface area contributed by atoms with Crippen molar-refractivity contribution < 1.29 is 0 Å². The van der Waals surface area contributed by atoms with Crippen molar-refractivity contribution >= 4 is 11.8 Å². The maximum atomic E-state index is 4.34. The molecule has 1 aromatic heterocycles. The minimum absolute atomic E-state index is 0.209. The van der Waals surface area contributed by atoms with Crippen molar-refractivity contribution in [1.29, 1.82) is 0 Å². The van der Waals surface area contributed by atoms with Gasteiger partial charge in [0.1, 0.15) is 0 Å². The molecule has 3 nitrogen and oxygen atoms in total. The van der Waals surface area contributed by atoms with E-state index in [-0.39, 0.29) is 6.04 Å². The molecule has 0 saturated heterocycles. The number of hydrogen-bond acceptors (Lipinski definition) is 3. The van der Waals surface area contributed by atoms with Gasteiger partial charge in [0.25, 0.3) is 0 Å². The molecule has 1 atom stereocenters. The molecule has 0 aliphatic rings. The van der Waals surface area contributed by atoms with E-state index < -0.39 is 0 Å². The Labute approximate surface area is 113 Å². The molecule has 18 heavy (non-hydrogen) atoms. The van der Waals surface area contributed by atoms with Crippen molar-refractivity contribution in [2.24, 2.45) is 0 Å². The lowest BCUT2D eigenvalue weighted by atomic mass is 10.0. The highest BCUT2D eigenvalue weighted by molar-refractivity contribution is 7.98. The van der Waals surface area contributed by atoms with Crippen molar-refractivity contribution in [3.05, 3.63) is 47.8 Å². The van der Waals surface area contributed by atoms with Gasteiger partial charge in [0.05, 0.1) is 12.2 Å². The Morgan fingerprint density at radius 2 is 2.00 bits per heavy atom. The summed E-state index contributed by atoms with van der Waals surface area (Å²) in [5.74, 6) is 0. The molecule has 2 aromatic rings. The molecule has 4 heteroatoms. The second-order valence-electron chi connectivity index (χ2n) is 4.12. The summed E-state index contributed by atoms with van der Waals surface area (Å²) in [5.41, 5.74) is 2.47. The number of thioether (sulfide) groups is 1. The van der Waals surface area contributed by atoms with Crippen LogP contribution in [-0.4, -0.2) is 23.1 Å². The van der Waals surface area contributed by atoms with E-state index in [0.29, 0.717) is 0 Å². The zero-order chi connectivity index (χ0) is 13.0. The Morgan fingerprint density at radius 1 is 1.28 bits per heavy atom. The van der Waals surface area contributed by atoms with Gasteiger partial charge in [-0.3, -0.25) is 4.68 Å².